The first-order valence-electron chi connectivity index (χ1n) is 5.64. The lowest BCUT2D eigenvalue weighted by Gasteiger charge is -2.21. The molecule has 0 heterocycles. The monoisotopic (exact) mass is 222 g/mol. The second kappa shape index (κ2) is 5.21. The van der Waals surface area contributed by atoms with Crippen molar-refractivity contribution in [3.63, 3.8) is 0 Å². The van der Waals surface area contributed by atoms with Crippen molar-refractivity contribution in [3.05, 3.63) is 23.8 Å². The van der Waals surface area contributed by atoms with Crippen molar-refractivity contribution in [1.82, 2.24) is 0 Å². The van der Waals surface area contributed by atoms with E-state index >= 15 is 0 Å². The molecule has 3 heteroatoms. The van der Waals surface area contributed by atoms with E-state index in [0.717, 1.165) is 5.69 Å². The fourth-order valence-corrected chi connectivity index (χ4v) is 1.56. The number of nitrogens with one attached hydrogen (secondary N) is 1. The minimum atomic E-state index is -0.357. The number of hydrogen-bond donors (Lipinski definition) is 2. The van der Waals surface area contributed by atoms with Crippen molar-refractivity contribution < 1.29 is 5.11 Å². The first kappa shape index (κ1) is 12.8. The van der Waals surface area contributed by atoms with E-state index in [4.69, 9.17) is 0 Å². The molecule has 0 aliphatic heterocycles. The predicted octanol–water partition coefficient (Wildman–Crippen LogP) is 2.24. The van der Waals surface area contributed by atoms with Gasteiger partial charge in [-0.25, -0.2) is 0 Å². The van der Waals surface area contributed by atoms with Crippen LogP contribution in [0.5, 0.6) is 0 Å². The van der Waals surface area contributed by atoms with Crippen molar-refractivity contribution in [2.45, 2.75) is 32.9 Å². The fraction of sp³-hybridized carbons (Fsp3) is 0.538. The molecule has 16 heavy (non-hydrogen) atoms. The first-order valence-corrected chi connectivity index (χ1v) is 5.64. The van der Waals surface area contributed by atoms with Crippen LogP contribution in [-0.2, 0) is 0 Å². The molecule has 0 bridgehead atoms. The van der Waals surface area contributed by atoms with Gasteiger partial charge < -0.3 is 15.3 Å². The number of nitrogens with zero attached hydrogens (tertiary/aromatic N) is 1. The van der Waals surface area contributed by atoms with Crippen LogP contribution in [0.2, 0.25) is 0 Å². The Bertz CT molecular complexity index is 348. The van der Waals surface area contributed by atoms with Crippen LogP contribution in [0.25, 0.3) is 0 Å². The summed E-state index contributed by atoms with van der Waals surface area (Å²) in [6.45, 7) is 5.86. The van der Waals surface area contributed by atoms with Gasteiger partial charge in [0.2, 0.25) is 0 Å². The molecule has 0 aromatic heterocycles. The minimum Gasteiger partial charge on any atom is -0.391 e. The van der Waals surface area contributed by atoms with Crippen LogP contribution in [0, 0.1) is 6.92 Å². The summed E-state index contributed by atoms with van der Waals surface area (Å²) in [6, 6.07) is 6.29. The highest BCUT2D eigenvalue weighted by atomic mass is 16.3. The number of hydrogen-bond acceptors (Lipinski definition) is 3. The topological polar surface area (TPSA) is 35.5 Å². The maximum Gasteiger partial charge on any atom is 0.0710 e. The molecule has 0 amide bonds. The van der Waals surface area contributed by atoms with Gasteiger partial charge in [-0.2, -0.15) is 0 Å². The predicted molar refractivity (Wildman–Crippen MR) is 70.3 cm³/mol. The summed E-state index contributed by atoms with van der Waals surface area (Å²) in [7, 11) is 4.06. The van der Waals surface area contributed by atoms with E-state index in [0.29, 0.717) is 0 Å². The number of aryl methyl sites for hydroxylation is 1. The molecule has 0 aliphatic carbocycles. The average molecular weight is 222 g/mol. The molecular weight excluding hydrogens is 200 g/mol. The van der Waals surface area contributed by atoms with Gasteiger partial charge in [-0.05, 0) is 38.5 Å². The summed E-state index contributed by atoms with van der Waals surface area (Å²) >= 11 is 0. The third kappa shape index (κ3) is 3.14. The third-order valence-corrected chi connectivity index (χ3v) is 2.81. The molecule has 2 unspecified atom stereocenters. The van der Waals surface area contributed by atoms with E-state index in [-0.39, 0.29) is 12.1 Å². The molecule has 0 saturated heterocycles. The quantitative estimate of drug-likeness (QED) is 0.820. The van der Waals surface area contributed by atoms with E-state index in [1.54, 1.807) is 6.92 Å². The molecule has 1 aromatic carbocycles. The Kier molecular flexibility index (Phi) is 4.19. The second-order valence-electron chi connectivity index (χ2n) is 4.57. The highest BCUT2D eigenvalue weighted by molar-refractivity contribution is 5.62. The average Bonchev–Trinajstić information content (AvgIpc) is 2.20. The molecule has 2 atom stereocenters. The Hall–Kier alpha value is -1.22. The fourth-order valence-electron chi connectivity index (χ4n) is 1.56. The molecule has 0 aliphatic rings. The van der Waals surface area contributed by atoms with Crippen LogP contribution in [0.3, 0.4) is 0 Å². The van der Waals surface area contributed by atoms with Gasteiger partial charge in [0.05, 0.1) is 6.10 Å². The second-order valence-corrected chi connectivity index (χ2v) is 4.57. The van der Waals surface area contributed by atoms with Crippen molar-refractivity contribution in [3.8, 4) is 0 Å². The first-order chi connectivity index (χ1) is 7.41. The Morgan fingerprint density at radius 1 is 1.25 bits per heavy atom. The Balaban J connectivity index is 2.87. The Labute approximate surface area is 98.1 Å². The number of aliphatic hydroxyl groups is 1. The summed E-state index contributed by atoms with van der Waals surface area (Å²) in [5, 5.41) is 12.7. The van der Waals surface area contributed by atoms with Crippen molar-refractivity contribution in [2.24, 2.45) is 0 Å². The number of rotatable bonds is 4. The molecule has 2 N–H and O–H groups in total. The van der Waals surface area contributed by atoms with Crippen molar-refractivity contribution >= 4 is 11.4 Å². The van der Waals surface area contributed by atoms with Gasteiger partial charge in [0.1, 0.15) is 0 Å². The Morgan fingerprint density at radius 3 is 2.38 bits per heavy atom. The Morgan fingerprint density at radius 2 is 1.88 bits per heavy atom. The smallest absolute Gasteiger partial charge is 0.0710 e. The summed E-state index contributed by atoms with van der Waals surface area (Å²) < 4.78 is 0. The maximum absolute atomic E-state index is 9.44. The third-order valence-electron chi connectivity index (χ3n) is 2.81. The molecule has 0 fully saturated rings. The molecule has 0 spiro atoms. The zero-order valence-electron chi connectivity index (χ0n) is 10.8. The van der Waals surface area contributed by atoms with Crippen molar-refractivity contribution in [1.29, 1.82) is 0 Å². The standard InChI is InChI=1S/C13H22N2O/c1-9-6-7-12(8-13(9)15(4)5)14-10(2)11(3)16/h6-8,10-11,14,16H,1-5H3. The van der Waals surface area contributed by atoms with Crippen LogP contribution in [0.1, 0.15) is 19.4 Å². The van der Waals surface area contributed by atoms with Crippen LogP contribution < -0.4 is 10.2 Å². The highest BCUT2D eigenvalue weighted by Crippen LogP contribution is 2.23. The molecule has 90 valence electrons. The van der Waals surface area contributed by atoms with E-state index in [1.807, 2.05) is 27.1 Å². The minimum absolute atomic E-state index is 0.0534. The van der Waals surface area contributed by atoms with Crippen LogP contribution >= 0.6 is 0 Å². The SMILES string of the molecule is Cc1ccc(NC(C)C(C)O)cc1N(C)C. The molecule has 0 saturated carbocycles. The lowest BCUT2D eigenvalue weighted by Crippen LogP contribution is -2.27. The lowest BCUT2D eigenvalue weighted by molar-refractivity contribution is 0.178. The van der Waals surface area contributed by atoms with Crippen molar-refractivity contribution in [2.75, 3.05) is 24.3 Å². The molecule has 1 rings (SSSR count). The largest absolute Gasteiger partial charge is 0.391 e. The summed E-state index contributed by atoms with van der Waals surface area (Å²) in [5.74, 6) is 0. The van der Waals surface area contributed by atoms with Gasteiger partial charge in [-0.1, -0.05) is 6.07 Å². The zero-order valence-corrected chi connectivity index (χ0v) is 10.8. The van der Waals surface area contributed by atoms with Crippen LogP contribution in [0.4, 0.5) is 11.4 Å². The van der Waals surface area contributed by atoms with Crippen LogP contribution in [-0.4, -0.2) is 31.3 Å². The van der Waals surface area contributed by atoms with Gasteiger partial charge in [-0.15, -0.1) is 0 Å². The van der Waals surface area contributed by atoms with E-state index < -0.39 is 0 Å². The number of aliphatic hydroxyl groups excluding tert-OH is 1. The normalized spacial score (nSPS) is 14.4. The van der Waals surface area contributed by atoms with E-state index in [2.05, 4.69) is 29.3 Å². The molecule has 3 nitrogen and oxygen atoms in total. The van der Waals surface area contributed by atoms with E-state index in [1.165, 1.54) is 11.3 Å². The molecule has 1 aromatic rings. The molecule has 0 radical (unpaired) electrons. The van der Waals surface area contributed by atoms with Crippen LogP contribution in [0.15, 0.2) is 18.2 Å². The van der Waals surface area contributed by atoms with Gasteiger partial charge in [0.15, 0.2) is 0 Å². The highest BCUT2D eigenvalue weighted by Gasteiger charge is 2.09. The van der Waals surface area contributed by atoms with Gasteiger partial charge in [0.25, 0.3) is 0 Å². The lowest BCUT2D eigenvalue weighted by atomic mass is 10.1. The summed E-state index contributed by atoms with van der Waals surface area (Å²) in [5.41, 5.74) is 3.49. The van der Waals surface area contributed by atoms with Gasteiger partial charge >= 0.3 is 0 Å². The summed E-state index contributed by atoms with van der Waals surface area (Å²) in [6.07, 6.45) is -0.357. The zero-order chi connectivity index (χ0) is 12.3. The number of benzene rings is 1. The van der Waals surface area contributed by atoms with Gasteiger partial charge in [0, 0.05) is 31.5 Å². The number of anilines is 2. The van der Waals surface area contributed by atoms with Gasteiger partial charge in [-0.3, -0.25) is 0 Å². The van der Waals surface area contributed by atoms with E-state index in [9.17, 15) is 5.11 Å². The molecular formula is C13H22N2O. The summed E-state index contributed by atoms with van der Waals surface area (Å²) in [4.78, 5) is 2.09. The maximum atomic E-state index is 9.44.